The van der Waals surface area contributed by atoms with Gasteiger partial charge in [0.15, 0.2) is 5.69 Å². The number of hydrogen-bond acceptors (Lipinski definition) is 4. The van der Waals surface area contributed by atoms with Crippen LogP contribution in [-0.4, -0.2) is 37.4 Å². The third-order valence-corrected chi connectivity index (χ3v) is 5.98. The first-order chi connectivity index (χ1) is 17.1. The number of carbonyl (C=O) groups is 1. The monoisotopic (exact) mass is 463 g/mol. The molecule has 0 aliphatic heterocycles. The van der Waals surface area contributed by atoms with Gasteiger partial charge in [-0.05, 0) is 25.1 Å². The highest BCUT2D eigenvalue weighted by Crippen LogP contribution is 2.25. The van der Waals surface area contributed by atoms with Gasteiger partial charge in [-0.15, -0.1) is 0 Å². The number of rotatable bonds is 6. The van der Waals surface area contributed by atoms with Crippen LogP contribution in [0.5, 0.6) is 0 Å². The second-order valence-electron chi connectivity index (χ2n) is 8.33. The van der Waals surface area contributed by atoms with Crippen molar-refractivity contribution in [2.75, 3.05) is 7.05 Å². The zero-order valence-corrected chi connectivity index (χ0v) is 19.6. The lowest BCUT2D eigenvalue weighted by molar-refractivity contribution is 0.0779. The van der Waals surface area contributed by atoms with Crippen LogP contribution in [0, 0.1) is 0 Å². The summed E-state index contributed by atoms with van der Waals surface area (Å²) >= 11 is 0. The molecule has 0 fully saturated rings. The van der Waals surface area contributed by atoms with E-state index in [0.29, 0.717) is 23.9 Å². The lowest BCUT2D eigenvalue weighted by atomic mass is 10.1. The van der Waals surface area contributed by atoms with Gasteiger partial charge in [0, 0.05) is 42.8 Å². The van der Waals surface area contributed by atoms with E-state index in [0.717, 1.165) is 22.5 Å². The van der Waals surface area contributed by atoms with Crippen LogP contribution in [0.4, 0.5) is 0 Å². The van der Waals surface area contributed by atoms with Gasteiger partial charge in [0.2, 0.25) is 0 Å². The zero-order valence-electron chi connectivity index (χ0n) is 19.6. The van der Waals surface area contributed by atoms with E-state index in [1.165, 1.54) is 4.68 Å². The summed E-state index contributed by atoms with van der Waals surface area (Å²) in [4.78, 5) is 27.9. The summed E-state index contributed by atoms with van der Waals surface area (Å²) in [6, 6.07) is 26.9. The SMILES string of the molecule is CCn1nc(C(=O)N(C)Cc2cn(-c3ccccc3)nc2-c2ccccc2)c2ccccc2c1=O. The van der Waals surface area contributed by atoms with E-state index >= 15 is 0 Å². The van der Waals surface area contributed by atoms with Crippen LogP contribution in [0.25, 0.3) is 27.7 Å². The van der Waals surface area contributed by atoms with Crippen molar-refractivity contribution in [2.24, 2.45) is 0 Å². The van der Waals surface area contributed by atoms with Crippen LogP contribution in [0.2, 0.25) is 0 Å². The minimum atomic E-state index is -0.255. The standard InChI is InChI=1S/C28H25N5O2/c1-3-32-27(34)24-17-11-10-16-23(24)26(30-32)28(35)31(2)18-21-19-33(22-14-8-5-9-15-22)29-25(21)20-12-6-4-7-13-20/h4-17,19H,3,18H2,1-2H3. The van der Waals surface area contributed by atoms with Crippen molar-refractivity contribution in [2.45, 2.75) is 20.0 Å². The van der Waals surface area contributed by atoms with Crippen LogP contribution in [0.3, 0.4) is 0 Å². The minimum absolute atomic E-state index is 0.196. The number of para-hydroxylation sites is 1. The van der Waals surface area contributed by atoms with Crippen LogP contribution in [-0.2, 0) is 13.1 Å². The summed E-state index contributed by atoms with van der Waals surface area (Å²) in [7, 11) is 1.74. The van der Waals surface area contributed by atoms with E-state index in [1.54, 1.807) is 30.1 Å². The molecule has 2 aromatic heterocycles. The van der Waals surface area contributed by atoms with Crippen molar-refractivity contribution in [3.8, 4) is 16.9 Å². The Morgan fingerprint density at radius 1 is 0.857 bits per heavy atom. The Labute approximate surface area is 202 Å². The molecule has 0 N–H and O–H groups in total. The predicted octanol–water partition coefficient (Wildman–Crippen LogP) is 4.54. The van der Waals surface area contributed by atoms with Gasteiger partial charge >= 0.3 is 0 Å². The van der Waals surface area contributed by atoms with Crippen LogP contribution < -0.4 is 5.56 Å². The highest BCUT2D eigenvalue weighted by molar-refractivity contribution is 6.04. The zero-order chi connectivity index (χ0) is 24.4. The summed E-state index contributed by atoms with van der Waals surface area (Å²) in [6.07, 6.45) is 1.96. The molecular formula is C28H25N5O2. The molecule has 5 aromatic rings. The maximum Gasteiger partial charge on any atom is 0.274 e. The van der Waals surface area contributed by atoms with Crippen LogP contribution in [0.1, 0.15) is 23.0 Å². The number of aryl methyl sites for hydroxylation is 1. The molecule has 1 amide bonds. The first-order valence-electron chi connectivity index (χ1n) is 11.5. The molecule has 0 unspecified atom stereocenters. The Morgan fingerprint density at radius 2 is 1.49 bits per heavy atom. The Bertz CT molecular complexity index is 1560. The second-order valence-corrected chi connectivity index (χ2v) is 8.33. The number of benzene rings is 3. The molecule has 0 saturated carbocycles. The summed E-state index contributed by atoms with van der Waals surface area (Å²) in [6.45, 7) is 2.55. The number of aromatic nitrogens is 4. The first-order valence-corrected chi connectivity index (χ1v) is 11.5. The average molecular weight is 464 g/mol. The van der Waals surface area contributed by atoms with Gasteiger partial charge in [0.25, 0.3) is 11.5 Å². The molecule has 0 atom stereocenters. The summed E-state index contributed by atoms with van der Waals surface area (Å²) in [5, 5.41) is 10.3. The van der Waals surface area contributed by atoms with E-state index < -0.39 is 0 Å². The molecule has 0 radical (unpaired) electrons. The van der Waals surface area contributed by atoms with E-state index in [4.69, 9.17) is 5.10 Å². The molecular weight excluding hydrogens is 438 g/mol. The van der Waals surface area contributed by atoms with Gasteiger partial charge in [0.05, 0.1) is 16.8 Å². The molecule has 5 rings (SSSR count). The minimum Gasteiger partial charge on any atom is -0.336 e. The summed E-state index contributed by atoms with van der Waals surface area (Å²) in [5.74, 6) is -0.255. The number of carbonyl (C=O) groups excluding carboxylic acids is 1. The average Bonchev–Trinajstić information content (AvgIpc) is 3.33. The Kier molecular flexibility index (Phi) is 5.97. The van der Waals surface area contributed by atoms with Crippen molar-refractivity contribution < 1.29 is 4.79 Å². The highest BCUT2D eigenvalue weighted by Gasteiger charge is 2.22. The lowest BCUT2D eigenvalue weighted by Gasteiger charge is -2.18. The third kappa shape index (κ3) is 4.24. The normalized spacial score (nSPS) is 11.0. The van der Waals surface area contributed by atoms with E-state index in [-0.39, 0.29) is 17.2 Å². The quantitative estimate of drug-likeness (QED) is 0.371. The number of hydrogen-bond donors (Lipinski definition) is 0. The van der Waals surface area contributed by atoms with Gasteiger partial charge < -0.3 is 4.90 Å². The molecule has 7 heteroatoms. The number of amides is 1. The van der Waals surface area contributed by atoms with Crippen molar-refractivity contribution in [3.05, 3.63) is 113 Å². The molecule has 0 bridgehead atoms. The summed E-state index contributed by atoms with van der Waals surface area (Å²) < 4.78 is 3.17. The fourth-order valence-electron chi connectivity index (χ4n) is 4.19. The molecule has 174 valence electrons. The molecule has 7 nitrogen and oxygen atoms in total. The largest absolute Gasteiger partial charge is 0.336 e. The Hall–Kier alpha value is -4.52. The van der Waals surface area contributed by atoms with E-state index in [1.807, 2.05) is 84.5 Å². The van der Waals surface area contributed by atoms with Crippen molar-refractivity contribution in [3.63, 3.8) is 0 Å². The Morgan fingerprint density at radius 3 is 2.17 bits per heavy atom. The van der Waals surface area contributed by atoms with Gasteiger partial charge in [0.1, 0.15) is 0 Å². The van der Waals surface area contributed by atoms with Gasteiger partial charge in [-0.1, -0.05) is 66.7 Å². The maximum atomic E-state index is 13.6. The van der Waals surface area contributed by atoms with Gasteiger partial charge in [-0.2, -0.15) is 10.2 Å². The molecule has 0 saturated heterocycles. The van der Waals surface area contributed by atoms with E-state index in [2.05, 4.69) is 5.10 Å². The predicted molar refractivity (Wildman–Crippen MR) is 136 cm³/mol. The van der Waals surface area contributed by atoms with Gasteiger partial charge in [-0.3, -0.25) is 9.59 Å². The first kappa shape index (κ1) is 22.3. The highest BCUT2D eigenvalue weighted by atomic mass is 16.2. The van der Waals surface area contributed by atoms with Crippen molar-refractivity contribution in [1.82, 2.24) is 24.5 Å². The van der Waals surface area contributed by atoms with Crippen LogP contribution >= 0.6 is 0 Å². The van der Waals surface area contributed by atoms with Gasteiger partial charge in [-0.25, -0.2) is 9.36 Å². The topological polar surface area (TPSA) is 73.0 Å². The maximum absolute atomic E-state index is 13.6. The summed E-state index contributed by atoms with van der Waals surface area (Å²) in [5.41, 5.74) is 3.70. The van der Waals surface area contributed by atoms with Crippen LogP contribution in [0.15, 0.2) is 95.9 Å². The lowest BCUT2D eigenvalue weighted by Crippen LogP contribution is -2.31. The number of fused-ring (bicyclic) bond motifs is 1. The fraction of sp³-hybridized carbons (Fsp3) is 0.143. The van der Waals surface area contributed by atoms with E-state index in [9.17, 15) is 9.59 Å². The smallest absolute Gasteiger partial charge is 0.274 e. The number of nitrogens with zero attached hydrogens (tertiary/aromatic N) is 5. The molecule has 0 aliphatic rings. The molecule has 0 aliphatic carbocycles. The second kappa shape index (κ2) is 9.38. The molecule has 35 heavy (non-hydrogen) atoms. The van der Waals surface area contributed by atoms with Crippen molar-refractivity contribution in [1.29, 1.82) is 0 Å². The molecule has 3 aromatic carbocycles. The fourth-order valence-corrected chi connectivity index (χ4v) is 4.19. The van der Waals surface area contributed by atoms with Crippen molar-refractivity contribution >= 4 is 16.7 Å². The molecule has 2 heterocycles. The molecule has 0 spiro atoms. The Balaban J connectivity index is 1.55. The third-order valence-electron chi connectivity index (χ3n) is 5.98.